The molecule has 0 radical (unpaired) electrons. The van der Waals surface area contributed by atoms with Crippen molar-refractivity contribution in [1.82, 2.24) is 15.0 Å². The summed E-state index contributed by atoms with van der Waals surface area (Å²) in [5, 5.41) is 8.66. The number of ether oxygens (including phenoxy) is 1. The van der Waals surface area contributed by atoms with Gasteiger partial charge in [-0.2, -0.15) is 0 Å². The first-order chi connectivity index (χ1) is 11.0. The van der Waals surface area contributed by atoms with Crippen molar-refractivity contribution in [2.45, 2.75) is 32.8 Å². The lowest BCUT2D eigenvalue weighted by Crippen LogP contribution is -2.13. The second kappa shape index (κ2) is 4.95. The lowest BCUT2D eigenvalue weighted by Gasteiger charge is -2.24. The molecule has 0 saturated carbocycles. The molecule has 0 amide bonds. The highest BCUT2D eigenvalue weighted by atomic mass is 16.5. The topological polar surface area (TPSA) is 39.9 Å². The van der Waals surface area contributed by atoms with Crippen molar-refractivity contribution in [3.05, 3.63) is 59.8 Å². The summed E-state index contributed by atoms with van der Waals surface area (Å²) in [6.45, 7) is 7.11. The highest BCUT2D eigenvalue weighted by molar-refractivity contribution is 5.73. The van der Waals surface area contributed by atoms with Gasteiger partial charge in [-0.15, -0.1) is 5.10 Å². The maximum Gasteiger partial charge on any atom is 0.134 e. The Morgan fingerprint density at radius 1 is 1.04 bits per heavy atom. The van der Waals surface area contributed by atoms with Crippen molar-refractivity contribution in [3.8, 4) is 22.7 Å². The lowest BCUT2D eigenvalue weighted by molar-refractivity contribution is 0.297. The van der Waals surface area contributed by atoms with Gasteiger partial charge in [0.1, 0.15) is 23.7 Å². The van der Waals surface area contributed by atoms with E-state index in [1.54, 1.807) is 0 Å². The first-order valence-electron chi connectivity index (χ1n) is 7.82. The van der Waals surface area contributed by atoms with Crippen LogP contribution in [0.2, 0.25) is 0 Å². The number of fused-ring (bicyclic) bond motifs is 3. The summed E-state index contributed by atoms with van der Waals surface area (Å²) in [7, 11) is 0. The fourth-order valence-corrected chi connectivity index (χ4v) is 2.88. The maximum absolute atomic E-state index is 5.85. The van der Waals surface area contributed by atoms with Crippen LogP contribution < -0.4 is 4.74 Å². The van der Waals surface area contributed by atoms with Crippen LogP contribution in [0.5, 0.6) is 5.75 Å². The number of hydrogen-bond donors (Lipinski definition) is 0. The summed E-state index contributed by atoms with van der Waals surface area (Å²) < 4.78 is 7.76. The van der Waals surface area contributed by atoms with Crippen LogP contribution in [-0.4, -0.2) is 15.0 Å². The molecule has 2 heterocycles. The Kier molecular flexibility index (Phi) is 3.01. The summed E-state index contributed by atoms with van der Waals surface area (Å²) in [5.41, 5.74) is 5.34. The van der Waals surface area contributed by atoms with Crippen molar-refractivity contribution in [3.63, 3.8) is 0 Å². The van der Waals surface area contributed by atoms with Crippen molar-refractivity contribution in [1.29, 1.82) is 0 Å². The molecule has 4 nitrogen and oxygen atoms in total. The Hall–Kier alpha value is -2.62. The molecule has 1 aromatic heterocycles. The van der Waals surface area contributed by atoms with E-state index in [0.717, 1.165) is 28.4 Å². The summed E-state index contributed by atoms with van der Waals surface area (Å²) in [4.78, 5) is 0. The largest absolute Gasteiger partial charge is 0.486 e. The third-order valence-electron chi connectivity index (χ3n) is 4.21. The normalized spacial score (nSPS) is 13.2. The summed E-state index contributed by atoms with van der Waals surface area (Å²) in [6.07, 6.45) is 0. The molecule has 0 spiro atoms. The Morgan fingerprint density at radius 2 is 1.83 bits per heavy atom. The molecular weight excluding hydrogens is 286 g/mol. The van der Waals surface area contributed by atoms with Gasteiger partial charge in [0.25, 0.3) is 0 Å². The number of nitrogens with zero attached hydrogens (tertiary/aromatic N) is 3. The van der Waals surface area contributed by atoms with E-state index in [4.69, 9.17) is 4.74 Å². The molecule has 2 aromatic carbocycles. The van der Waals surface area contributed by atoms with Gasteiger partial charge < -0.3 is 4.74 Å². The second-order valence-corrected chi connectivity index (χ2v) is 6.88. The molecule has 0 fully saturated rings. The van der Waals surface area contributed by atoms with Gasteiger partial charge in [0.2, 0.25) is 0 Å². The summed E-state index contributed by atoms with van der Waals surface area (Å²) >= 11 is 0. The minimum absolute atomic E-state index is 0.0810. The predicted octanol–water partition coefficient (Wildman–Crippen LogP) is 4.12. The molecule has 0 unspecified atom stereocenters. The van der Waals surface area contributed by atoms with E-state index in [0.29, 0.717) is 6.61 Å². The van der Waals surface area contributed by atoms with Crippen LogP contribution in [-0.2, 0) is 12.0 Å². The van der Waals surface area contributed by atoms with E-state index >= 15 is 0 Å². The van der Waals surface area contributed by atoms with Gasteiger partial charge in [-0.25, -0.2) is 4.68 Å². The number of rotatable bonds is 1. The smallest absolute Gasteiger partial charge is 0.134 e. The van der Waals surface area contributed by atoms with E-state index in [2.05, 4.69) is 49.3 Å². The average molecular weight is 305 g/mol. The molecule has 4 heteroatoms. The minimum atomic E-state index is 0.0810. The maximum atomic E-state index is 5.85. The van der Waals surface area contributed by atoms with Crippen LogP contribution in [0.3, 0.4) is 0 Å². The molecule has 23 heavy (non-hydrogen) atoms. The lowest BCUT2D eigenvalue weighted by atomic mass is 9.85. The van der Waals surface area contributed by atoms with E-state index in [-0.39, 0.29) is 5.41 Å². The van der Waals surface area contributed by atoms with Crippen LogP contribution in [0.15, 0.2) is 48.5 Å². The van der Waals surface area contributed by atoms with Crippen molar-refractivity contribution >= 4 is 0 Å². The highest BCUT2D eigenvalue weighted by Gasteiger charge is 2.26. The van der Waals surface area contributed by atoms with Crippen molar-refractivity contribution in [2.75, 3.05) is 0 Å². The average Bonchev–Trinajstić information content (AvgIpc) is 2.99. The third kappa shape index (κ3) is 2.31. The van der Waals surface area contributed by atoms with E-state index in [1.807, 2.05) is 35.0 Å². The first kappa shape index (κ1) is 14.0. The van der Waals surface area contributed by atoms with Crippen molar-refractivity contribution < 1.29 is 4.74 Å². The Bertz CT molecular complexity index is 860. The van der Waals surface area contributed by atoms with Crippen LogP contribution >= 0.6 is 0 Å². The quantitative estimate of drug-likeness (QED) is 0.679. The molecular formula is C19H19N3O. The predicted molar refractivity (Wildman–Crippen MR) is 89.8 cm³/mol. The van der Waals surface area contributed by atoms with Crippen molar-refractivity contribution in [2.24, 2.45) is 0 Å². The van der Waals surface area contributed by atoms with Gasteiger partial charge in [-0.1, -0.05) is 50.3 Å². The fourth-order valence-electron chi connectivity index (χ4n) is 2.88. The van der Waals surface area contributed by atoms with Gasteiger partial charge in [-0.3, -0.25) is 0 Å². The minimum Gasteiger partial charge on any atom is -0.486 e. The van der Waals surface area contributed by atoms with Gasteiger partial charge in [0, 0.05) is 5.56 Å². The van der Waals surface area contributed by atoms with E-state index in [9.17, 15) is 0 Å². The zero-order valence-corrected chi connectivity index (χ0v) is 13.6. The molecule has 3 aromatic rings. The molecule has 0 bridgehead atoms. The van der Waals surface area contributed by atoms with E-state index in [1.165, 1.54) is 5.56 Å². The van der Waals surface area contributed by atoms with Gasteiger partial charge in [-0.05, 0) is 35.2 Å². The standard InChI is InChI=1S/C19H19N3O/c1-19(2,3)13-9-10-17-15(11-13)18-16(12-23-17)20-21-22(18)14-7-5-4-6-8-14/h4-11H,12H2,1-3H3. The molecule has 0 saturated heterocycles. The number of aromatic nitrogens is 3. The number of hydrogen-bond acceptors (Lipinski definition) is 3. The molecule has 4 rings (SSSR count). The van der Waals surface area contributed by atoms with Crippen LogP contribution in [0, 0.1) is 0 Å². The van der Waals surface area contributed by atoms with Gasteiger partial charge in [0.05, 0.1) is 5.69 Å². The fraction of sp³-hybridized carbons (Fsp3) is 0.263. The number of para-hydroxylation sites is 1. The zero-order chi connectivity index (χ0) is 16.0. The molecule has 0 N–H and O–H groups in total. The monoisotopic (exact) mass is 305 g/mol. The Morgan fingerprint density at radius 3 is 2.57 bits per heavy atom. The summed E-state index contributed by atoms with van der Waals surface area (Å²) in [6, 6.07) is 16.5. The molecule has 116 valence electrons. The first-order valence-corrected chi connectivity index (χ1v) is 7.82. The highest BCUT2D eigenvalue weighted by Crippen LogP contribution is 2.40. The Balaban J connectivity index is 1.93. The van der Waals surface area contributed by atoms with Crippen LogP contribution in [0.1, 0.15) is 32.0 Å². The SMILES string of the molecule is CC(C)(C)c1ccc2c(c1)-c1c(nnn1-c1ccccc1)CO2. The van der Waals surface area contributed by atoms with Gasteiger partial charge in [0.15, 0.2) is 0 Å². The molecule has 1 aliphatic heterocycles. The molecule has 0 atom stereocenters. The Labute approximate surface area is 135 Å². The van der Waals surface area contributed by atoms with Crippen LogP contribution in [0.4, 0.5) is 0 Å². The molecule has 0 aliphatic carbocycles. The summed E-state index contributed by atoms with van der Waals surface area (Å²) in [5.74, 6) is 0.894. The number of benzene rings is 2. The zero-order valence-electron chi connectivity index (χ0n) is 13.6. The van der Waals surface area contributed by atoms with Gasteiger partial charge >= 0.3 is 0 Å². The molecule has 1 aliphatic rings. The van der Waals surface area contributed by atoms with Crippen LogP contribution in [0.25, 0.3) is 16.9 Å². The second-order valence-electron chi connectivity index (χ2n) is 6.88. The third-order valence-corrected chi connectivity index (χ3v) is 4.21. The van der Waals surface area contributed by atoms with E-state index < -0.39 is 0 Å².